The molecule has 4 rings (SSSR count). The van der Waals surface area contributed by atoms with Crippen molar-refractivity contribution in [3.05, 3.63) is 52.6 Å². The van der Waals surface area contributed by atoms with Crippen LogP contribution in [0.5, 0.6) is 0 Å². The Balaban J connectivity index is 2.02. The van der Waals surface area contributed by atoms with Gasteiger partial charge in [0.05, 0.1) is 12.2 Å². The molecule has 0 aromatic carbocycles. The molecule has 1 aliphatic rings. The average Bonchev–Trinajstić information content (AvgIpc) is 3.11. The second-order valence-corrected chi connectivity index (χ2v) is 6.52. The summed E-state index contributed by atoms with van der Waals surface area (Å²) in [5.74, 6) is 0.581. The van der Waals surface area contributed by atoms with E-state index in [1.165, 1.54) is 10.9 Å². The lowest BCUT2D eigenvalue weighted by atomic mass is 9.98. The molecule has 0 aliphatic heterocycles. The zero-order chi connectivity index (χ0) is 18.5. The van der Waals surface area contributed by atoms with Crippen LogP contribution in [0.2, 0.25) is 0 Å². The van der Waals surface area contributed by atoms with E-state index in [0.29, 0.717) is 35.4 Å². The van der Waals surface area contributed by atoms with Crippen molar-refractivity contribution in [2.24, 2.45) is 0 Å². The number of aliphatic hydroxyl groups is 1. The fourth-order valence-electron chi connectivity index (χ4n) is 3.57. The minimum Gasteiger partial charge on any atom is -0.384 e. The first kappa shape index (κ1) is 16.5. The van der Waals surface area contributed by atoms with Gasteiger partial charge < -0.3 is 10.8 Å². The third-order valence-electron chi connectivity index (χ3n) is 5.01. The largest absolute Gasteiger partial charge is 0.384 e. The maximum atomic E-state index is 12.7. The number of allylic oxidation sites excluding steroid dienone is 1. The lowest BCUT2D eigenvalue weighted by Gasteiger charge is -2.21. The van der Waals surface area contributed by atoms with Gasteiger partial charge in [0, 0.05) is 6.20 Å². The smallest absolute Gasteiger partial charge is 0.278 e. The van der Waals surface area contributed by atoms with Crippen molar-refractivity contribution in [2.45, 2.75) is 38.3 Å². The van der Waals surface area contributed by atoms with E-state index in [4.69, 9.17) is 10.7 Å². The third-order valence-corrected chi connectivity index (χ3v) is 5.01. The number of fused-ring (bicyclic) bond motifs is 2. The summed E-state index contributed by atoms with van der Waals surface area (Å²) in [7, 11) is 0. The summed E-state index contributed by atoms with van der Waals surface area (Å²) in [6, 6.07) is 3.78. The fraction of sp³-hybridized carbons (Fsp3) is 0.333. The molecule has 0 fully saturated rings. The molecule has 1 aliphatic carbocycles. The molecule has 8 heteroatoms. The van der Waals surface area contributed by atoms with Gasteiger partial charge in [-0.05, 0) is 30.9 Å². The second-order valence-electron chi connectivity index (χ2n) is 6.52. The summed E-state index contributed by atoms with van der Waals surface area (Å²) in [5.41, 5.74) is 6.63. The fourth-order valence-corrected chi connectivity index (χ4v) is 3.57. The molecule has 3 aromatic rings. The number of pyridine rings is 1. The number of aromatic nitrogens is 5. The summed E-state index contributed by atoms with van der Waals surface area (Å²) in [5, 5.41) is 11.2. The summed E-state index contributed by atoms with van der Waals surface area (Å²) >= 11 is 0. The predicted octanol–water partition coefficient (Wildman–Crippen LogP) is 1.29. The molecule has 0 saturated heterocycles. The van der Waals surface area contributed by atoms with E-state index < -0.39 is 5.60 Å². The quantitative estimate of drug-likeness (QED) is 0.684. The first-order valence-corrected chi connectivity index (χ1v) is 8.56. The molecular weight excluding hydrogens is 332 g/mol. The summed E-state index contributed by atoms with van der Waals surface area (Å²) in [6.07, 6.45) is 5.07. The van der Waals surface area contributed by atoms with Crippen LogP contribution in [0.15, 0.2) is 35.8 Å². The highest BCUT2D eigenvalue weighted by molar-refractivity contribution is 5.76. The molecule has 26 heavy (non-hydrogen) atoms. The molecule has 3 heterocycles. The maximum Gasteiger partial charge on any atom is 0.278 e. The molecule has 1 atom stereocenters. The van der Waals surface area contributed by atoms with Gasteiger partial charge >= 0.3 is 0 Å². The number of rotatable bonds is 4. The Bertz CT molecular complexity index is 1080. The standard InChI is InChI=1S/C18H20N6O2/c1-3-9-23-16(25)12-10-20-17(19)22-15(12)24(23)13-6-5-11-7-8-18(26,4-2)14(11)21-13/h3,5-6,10,26H,1,4,7-9H2,2H3,(H2,19,20,22)/t18-/m1/s1. The predicted molar refractivity (Wildman–Crippen MR) is 98.0 cm³/mol. The zero-order valence-electron chi connectivity index (χ0n) is 14.5. The third kappa shape index (κ3) is 2.26. The van der Waals surface area contributed by atoms with Crippen molar-refractivity contribution < 1.29 is 5.11 Å². The van der Waals surface area contributed by atoms with Gasteiger partial charge in [0.2, 0.25) is 5.95 Å². The maximum absolute atomic E-state index is 12.7. The normalized spacial score (nSPS) is 19.0. The number of hydrogen-bond donors (Lipinski definition) is 2. The van der Waals surface area contributed by atoms with E-state index in [9.17, 15) is 9.90 Å². The topological polar surface area (TPSA) is 112 Å². The van der Waals surface area contributed by atoms with E-state index in [1.54, 1.807) is 10.8 Å². The van der Waals surface area contributed by atoms with E-state index in [1.807, 2.05) is 19.1 Å². The number of anilines is 1. The van der Waals surface area contributed by atoms with E-state index >= 15 is 0 Å². The van der Waals surface area contributed by atoms with Crippen LogP contribution in [0, 0.1) is 0 Å². The highest BCUT2D eigenvalue weighted by Gasteiger charge is 2.37. The van der Waals surface area contributed by atoms with Gasteiger partial charge in [-0.2, -0.15) is 4.98 Å². The Morgan fingerprint density at radius 1 is 1.42 bits per heavy atom. The highest BCUT2D eigenvalue weighted by Crippen LogP contribution is 2.38. The molecule has 0 saturated carbocycles. The molecule has 0 bridgehead atoms. The monoisotopic (exact) mass is 352 g/mol. The van der Waals surface area contributed by atoms with Crippen LogP contribution in [0.4, 0.5) is 5.95 Å². The Morgan fingerprint density at radius 2 is 2.23 bits per heavy atom. The van der Waals surface area contributed by atoms with Crippen molar-refractivity contribution in [2.75, 3.05) is 5.73 Å². The van der Waals surface area contributed by atoms with Gasteiger partial charge in [-0.15, -0.1) is 6.58 Å². The first-order chi connectivity index (χ1) is 12.5. The minimum atomic E-state index is -0.939. The van der Waals surface area contributed by atoms with Crippen LogP contribution in [-0.4, -0.2) is 29.4 Å². The molecule has 3 aromatic heterocycles. The summed E-state index contributed by atoms with van der Waals surface area (Å²) in [4.78, 5) is 25.6. The number of nitrogens with zero attached hydrogens (tertiary/aromatic N) is 5. The lowest BCUT2D eigenvalue weighted by molar-refractivity contribution is 0.0306. The first-order valence-electron chi connectivity index (χ1n) is 8.56. The highest BCUT2D eigenvalue weighted by atomic mass is 16.3. The van der Waals surface area contributed by atoms with Gasteiger partial charge in [0.15, 0.2) is 11.5 Å². The number of aryl methyl sites for hydroxylation is 1. The zero-order valence-corrected chi connectivity index (χ0v) is 14.5. The van der Waals surface area contributed by atoms with Crippen molar-refractivity contribution in [3.63, 3.8) is 0 Å². The van der Waals surface area contributed by atoms with Crippen molar-refractivity contribution >= 4 is 17.0 Å². The molecule has 0 spiro atoms. The number of nitrogens with two attached hydrogens (primary N) is 1. The van der Waals surface area contributed by atoms with Gasteiger partial charge in [0.1, 0.15) is 11.0 Å². The molecule has 3 N–H and O–H groups in total. The Morgan fingerprint density at radius 3 is 2.96 bits per heavy atom. The van der Waals surface area contributed by atoms with Gasteiger partial charge in [-0.25, -0.2) is 19.3 Å². The number of hydrogen-bond acceptors (Lipinski definition) is 6. The van der Waals surface area contributed by atoms with E-state index in [0.717, 1.165) is 12.0 Å². The van der Waals surface area contributed by atoms with Crippen LogP contribution >= 0.6 is 0 Å². The van der Waals surface area contributed by atoms with Crippen molar-refractivity contribution in [3.8, 4) is 5.82 Å². The minimum absolute atomic E-state index is 0.0771. The molecule has 8 nitrogen and oxygen atoms in total. The molecular formula is C18H20N6O2. The van der Waals surface area contributed by atoms with Crippen LogP contribution in [0.1, 0.15) is 31.0 Å². The van der Waals surface area contributed by atoms with Crippen LogP contribution in [0.25, 0.3) is 16.9 Å². The van der Waals surface area contributed by atoms with E-state index in [2.05, 4.69) is 16.5 Å². The van der Waals surface area contributed by atoms with Crippen molar-refractivity contribution in [1.29, 1.82) is 0 Å². The second kappa shape index (κ2) is 5.77. The van der Waals surface area contributed by atoms with Gasteiger partial charge in [0.25, 0.3) is 5.56 Å². The molecule has 0 radical (unpaired) electrons. The SMILES string of the molecule is C=CCn1c(=O)c2cnc(N)nc2n1-c1ccc2c(n1)[C@@](O)(CC)CC2. The Hall–Kier alpha value is -3.00. The molecule has 0 unspecified atom stereocenters. The Kier molecular flexibility index (Phi) is 3.66. The summed E-state index contributed by atoms with van der Waals surface area (Å²) in [6.45, 7) is 5.94. The average molecular weight is 352 g/mol. The van der Waals surface area contributed by atoms with Crippen LogP contribution < -0.4 is 11.3 Å². The lowest BCUT2D eigenvalue weighted by Crippen LogP contribution is -2.25. The molecule has 0 amide bonds. The molecule has 134 valence electrons. The van der Waals surface area contributed by atoms with E-state index in [-0.39, 0.29) is 18.1 Å². The van der Waals surface area contributed by atoms with Gasteiger partial charge in [-0.1, -0.05) is 19.1 Å². The summed E-state index contributed by atoms with van der Waals surface area (Å²) < 4.78 is 3.10. The van der Waals surface area contributed by atoms with Crippen LogP contribution in [0.3, 0.4) is 0 Å². The number of nitrogen functional groups attached to an aromatic ring is 1. The van der Waals surface area contributed by atoms with Crippen LogP contribution in [-0.2, 0) is 18.6 Å². The Labute approximate surface area is 149 Å². The van der Waals surface area contributed by atoms with Crippen molar-refractivity contribution in [1.82, 2.24) is 24.3 Å². The van der Waals surface area contributed by atoms with Gasteiger partial charge in [-0.3, -0.25) is 4.79 Å².